The minimum Gasteiger partial charge on any atom is -0.472 e. The first-order valence-corrected chi connectivity index (χ1v) is 8.25. The first-order chi connectivity index (χ1) is 10.9. The second kappa shape index (κ2) is 6.22. The van der Waals surface area contributed by atoms with Crippen molar-refractivity contribution in [3.05, 3.63) is 35.5 Å². The van der Waals surface area contributed by atoms with Crippen molar-refractivity contribution < 1.29 is 4.42 Å². The minimum absolute atomic E-state index is 0.932. The Morgan fingerprint density at radius 2 is 1.86 bits per heavy atom. The van der Waals surface area contributed by atoms with Gasteiger partial charge in [-0.1, -0.05) is 5.21 Å². The topological polar surface area (TPSA) is 50.3 Å². The summed E-state index contributed by atoms with van der Waals surface area (Å²) < 4.78 is 7.30. The van der Waals surface area contributed by atoms with Crippen molar-refractivity contribution in [3.63, 3.8) is 0 Å². The molecule has 0 N–H and O–H groups in total. The van der Waals surface area contributed by atoms with E-state index < -0.39 is 0 Å². The fraction of sp³-hybridized carbons (Fsp3) is 0.625. The molecule has 1 fully saturated rings. The molecule has 2 aromatic rings. The van der Waals surface area contributed by atoms with Gasteiger partial charge in [0.15, 0.2) is 0 Å². The van der Waals surface area contributed by atoms with Crippen molar-refractivity contribution in [2.75, 3.05) is 19.6 Å². The van der Waals surface area contributed by atoms with Crippen LogP contribution >= 0.6 is 0 Å². The number of aromatic nitrogens is 3. The Bertz CT molecular complexity index is 600. The molecule has 0 aliphatic carbocycles. The minimum atomic E-state index is 0.932. The molecule has 0 unspecified atom stereocenters. The largest absolute Gasteiger partial charge is 0.472 e. The van der Waals surface area contributed by atoms with Gasteiger partial charge in [0.05, 0.1) is 18.2 Å². The summed E-state index contributed by atoms with van der Waals surface area (Å²) in [7, 11) is 0. The second-order valence-corrected chi connectivity index (χ2v) is 6.39. The Kier molecular flexibility index (Phi) is 3.95. The van der Waals surface area contributed by atoms with E-state index in [0.29, 0.717) is 0 Å². The maximum Gasteiger partial charge on any atom is 0.101 e. The molecule has 0 atom stereocenters. The van der Waals surface area contributed by atoms with Crippen molar-refractivity contribution >= 4 is 0 Å². The van der Waals surface area contributed by atoms with Gasteiger partial charge in [0, 0.05) is 38.3 Å². The summed E-state index contributed by atoms with van der Waals surface area (Å²) in [4.78, 5) is 4.97. The highest BCUT2D eigenvalue weighted by molar-refractivity contribution is 5.12. The van der Waals surface area contributed by atoms with Crippen molar-refractivity contribution in [1.29, 1.82) is 0 Å². The number of rotatable bonds is 4. The van der Waals surface area contributed by atoms with Crippen LogP contribution < -0.4 is 0 Å². The highest BCUT2D eigenvalue weighted by atomic mass is 16.3. The van der Waals surface area contributed by atoms with Crippen LogP contribution in [0.2, 0.25) is 0 Å². The molecule has 2 aromatic heterocycles. The van der Waals surface area contributed by atoms with E-state index in [9.17, 15) is 0 Å². The van der Waals surface area contributed by atoms with E-state index in [1.54, 1.807) is 6.26 Å². The third kappa shape index (κ3) is 2.94. The van der Waals surface area contributed by atoms with E-state index in [1.807, 2.05) is 12.3 Å². The summed E-state index contributed by atoms with van der Waals surface area (Å²) in [5, 5.41) is 8.85. The Morgan fingerprint density at radius 1 is 1.00 bits per heavy atom. The fourth-order valence-corrected chi connectivity index (χ4v) is 3.51. The van der Waals surface area contributed by atoms with Gasteiger partial charge in [0.2, 0.25) is 0 Å². The zero-order valence-electron chi connectivity index (χ0n) is 12.9. The molecular weight excluding hydrogens is 278 g/mol. The molecule has 0 amide bonds. The van der Waals surface area contributed by atoms with Crippen LogP contribution in [0.3, 0.4) is 0 Å². The molecule has 1 saturated heterocycles. The maximum atomic E-state index is 5.19. The Morgan fingerprint density at radius 3 is 2.68 bits per heavy atom. The van der Waals surface area contributed by atoms with Crippen LogP contribution in [0.15, 0.2) is 23.0 Å². The standard InChI is InChI=1S/C16H23N5O/c1-2-6-19(5-1)11-15-16-12-20(10-14-4-9-22-13-14)7-3-8-21(16)18-17-15/h4,9,13H,1-3,5-8,10-12H2. The van der Waals surface area contributed by atoms with Crippen LogP contribution in [0.5, 0.6) is 0 Å². The zero-order chi connectivity index (χ0) is 14.8. The van der Waals surface area contributed by atoms with Gasteiger partial charge < -0.3 is 4.42 Å². The highest BCUT2D eigenvalue weighted by Crippen LogP contribution is 2.19. The van der Waals surface area contributed by atoms with Gasteiger partial charge >= 0.3 is 0 Å². The maximum absolute atomic E-state index is 5.19. The average Bonchev–Trinajstić information content (AvgIpc) is 3.24. The van der Waals surface area contributed by atoms with Crippen molar-refractivity contribution in [1.82, 2.24) is 24.8 Å². The number of hydrogen-bond acceptors (Lipinski definition) is 5. The number of hydrogen-bond donors (Lipinski definition) is 0. The van der Waals surface area contributed by atoms with Crippen LogP contribution in [0.4, 0.5) is 0 Å². The van der Waals surface area contributed by atoms with E-state index in [-0.39, 0.29) is 0 Å². The van der Waals surface area contributed by atoms with Gasteiger partial charge in [-0.05, 0) is 38.4 Å². The summed E-state index contributed by atoms with van der Waals surface area (Å²) >= 11 is 0. The molecule has 6 nitrogen and oxygen atoms in total. The van der Waals surface area contributed by atoms with Crippen molar-refractivity contribution in [2.45, 2.75) is 45.4 Å². The van der Waals surface area contributed by atoms with Crippen LogP contribution in [-0.4, -0.2) is 44.4 Å². The molecule has 6 heteroatoms. The third-order valence-electron chi connectivity index (χ3n) is 4.69. The number of fused-ring (bicyclic) bond motifs is 1. The Balaban J connectivity index is 1.49. The summed E-state index contributed by atoms with van der Waals surface area (Å²) in [5.74, 6) is 0. The van der Waals surface area contributed by atoms with Gasteiger partial charge in [-0.2, -0.15) is 0 Å². The second-order valence-electron chi connectivity index (χ2n) is 6.39. The predicted octanol–water partition coefficient (Wildman–Crippen LogP) is 1.87. The highest BCUT2D eigenvalue weighted by Gasteiger charge is 2.22. The molecule has 2 aliphatic heterocycles. The lowest BCUT2D eigenvalue weighted by atomic mass is 10.2. The Hall–Kier alpha value is -1.66. The molecule has 0 saturated carbocycles. The smallest absolute Gasteiger partial charge is 0.101 e. The zero-order valence-corrected chi connectivity index (χ0v) is 12.9. The van der Waals surface area contributed by atoms with E-state index in [2.05, 4.69) is 24.8 Å². The average molecular weight is 301 g/mol. The molecule has 2 aliphatic rings. The lowest BCUT2D eigenvalue weighted by Gasteiger charge is -2.19. The van der Waals surface area contributed by atoms with E-state index in [0.717, 1.165) is 39.1 Å². The molecule has 0 radical (unpaired) electrons. The SMILES string of the molecule is c1cc(CN2CCCn3nnc(CN4CCCC4)c3C2)co1. The molecule has 4 rings (SSSR count). The van der Waals surface area contributed by atoms with Gasteiger partial charge in [0.1, 0.15) is 5.69 Å². The third-order valence-corrected chi connectivity index (χ3v) is 4.69. The van der Waals surface area contributed by atoms with Gasteiger partial charge in [-0.25, -0.2) is 4.68 Å². The van der Waals surface area contributed by atoms with Crippen LogP contribution in [0.25, 0.3) is 0 Å². The Labute approximate surface area is 130 Å². The van der Waals surface area contributed by atoms with Crippen molar-refractivity contribution in [3.8, 4) is 0 Å². The predicted molar refractivity (Wildman–Crippen MR) is 82.0 cm³/mol. The van der Waals surface area contributed by atoms with Gasteiger partial charge in [0.25, 0.3) is 0 Å². The molecule has 0 aromatic carbocycles. The molecule has 4 heterocycles. The first kappa shape index (κ1) is 14.0. The van der Waals surface area contributed by atoms with E-state index in [4.69, 9.17) is 4.42 Å². The molecule has 0 bridgehead atoms. The lowest BCUT2D eigenvalue weighted by Crippen LogP contribution is -2.24. The van der Waals surface area contributed by atoms with Gasteiger partial charge in [-0.3, -0.25) is 9.80 Å². The molecule has 22 heavy (non-hydrogen) atoms. The van der Waals surface area contributed by atoms with Crippen molar-refractivity contribution in [2.24, 2.45) is 0 Å². The first-order valence-electron chi connectivity index (χ1n) is 8.25. The number of nitrogens with zero attached hydrogens (tertiary/aromatic N) is 5. The molecule has 0 spiro atoms. The van der Waals surface area contributed by atoms with Gasteiger partial charge in [-0.15, -0.1) is 5.10 Å². The summed E-state index contributed by atoms with van der Waals surface area (Å²) in [6.45, 7) is 7.29. The number of likely N-dealkylation sites (tertiary alicyclic amines) is 1. The normalized spacial score (nSPS) is 20.2. The lowest BCUT2D eigenvalue weighted by molar-refractivity contribution is 0.257. The summed E-state index contributed by atoms with van der Waals surface area (Å²) in [6, 6.07) is 2.05. The summed E-state index contributed by atoms with van der Waals surface area (Å²) in [6.07, 6.45) is 7.34. The monoisotopic (exact) mass is 301 g/mol. The summed E-state index contributed by atoms with van der Waals surface area (Å²) in [5.41, 5.74) is 3.70. The van der Waals surface area contributed by atoms with E-state index in [1.165, 1.54) is 42.9 Å². The number of furan rings is 1. The molecule has 118 valence electrons. The van der Waals surface area contributed by atoms with Crippen LogP contribution in [0.1, 0.15) is 36.2 Å². The number of aryl methyl sites for hydroxylation is 1. The quantitative estimate of drug-likeness (QED) is 0.863. The van der Waals surface area contributed by atoms with Crippen LogP contribution in [-0.2, 0) is 26.2 Å². The molecular formula is C16H23N5O. The van der Waals surface area contributed by atoms with E-state index >= 15 is 0 Å². The fourth-order valence-electron chi connectivity index (χ4n) is 3.51. The van der Waals surface area contributed by atoms with Crippen LogP contribution in [0, 0.1) is 0 Å².